The molecule has 6 heteroatoms. The van der Waals surface area contributed by atoms with Crippen LogP contribution in [-0.2, 0) is 25.5 Å². The number of nitrogens with one attached hydrogen (secondary N) is 1. The van der Waals surface area contributed by atoms with E-state index in [4.69, 9.17) is 9.47 Å². The zero-order valence-corrected chi connectivity index (χ0v) is 14.0. The molecule has 2 aliphatic rings. The van der Waals surface area contributed by atoms with Gasteiger partial charge in [-0.2, -0.15) is 0 Å². The van der Waals surface area contributed by atoms with Crippen molar-refractivity contribution in [1.82, 2.24) is 10.2 Å². The molecule has 3 rings (SSSR count). The first-order valence-corrected chi connectivity index (χ1v) is 8.45. The lowest BCUT2D eigenvalue weighted by atomic mass is 10.0. The number of benzene rings is 1. The molecule has 0 aromatic heterocycles. The van der Waals surface area contributed by atoms with Crippen molar-refractivity contribution in [3.8, 4) is 0 Å². The summed E-state index contributed by atoms with van der Waals surface area (Å²) in [6.07, 6.45) is 1.68. The SMILES string of the molecule is Cc1ccccc1CC(=O)NCC(=O)N1CCC2(CC1)OCCO2. The summed E-state index contributed by atoms with van der Waals surface area (Å²) >= 11 is 0. The maximum atomic E-state index is 12.3. The lowest BCUT2D eigenvalue weighted by molar-refractivity contribution is -0.187. The van der Waals surface area contributed by atoms with Gasteiger partial charge in [-0.15, -0.1) is 0 Å². The molecule has 0 radical (unpaired) electrons. The Morgan fingerprint density at radius 2 is 1.83 bits per heavy atom. The fourth-order valence-electron chi connectivity index (χ4n) is 3.21. The van der Waals surface area contributed by atoms with Crippen LogP contribution in [0.15, 0.2) is 24.3 Å². The molecule has 1 N–H and O–H groups in total. The van der Waals surface area contributed by atoms with Crippen molar-refractivity contribution in [1.29, 1.82) is 0 Å². The molecule has 24 heavy (non-hydrogen) atoms. The quantitative estimate of drug-likeness (QED) is 0.894. The maximum Gasteiger partial charge on any atom is 0.241 e. The third-order valence-corrected chi connectivity index (χ3v) is 4.74. The van der Waals surface area contributed by atoms with Gasteiger partial charge >= 0.3 is 0 Å². The number of carbonyl (C=O) groups excluding carboxylic acids is 2. The van der Waals surface area contributed by atoms with E-state index in [0.717, 1.165) is 11.1 Å². The highest BCUT2D eigenvalue weighted by atomic mass is 16.7. The summed E-state index contributed by atoms with van der Waals surface area (Å²) < 4.78 is 11.3. The average Bonchev–Trinajstić information content (AvgIpc) is 3.03. The molecule has 1 aromatic carbocycles. The van der Waals surface area contributed by atoms with Crippen LogP contribution in [0.3, 0.4) is 0 Å². The lowest BCUT2D eigenvalue weighted by Crippen LogP contribution is -2.49. The van der Waals surface area contributed by atoms with E-state index >= 15 is 0 Å². The van der Waals surface area contributed by atoms with Crippen LogP contribution >= 0.6 is 0 Å². The zero-order valence-electron chi connectivity index (χ0n) is 14.0. The fraction of sp³-hybridized carbons (Fsp3) is 0.556. The van der Waals surface area contributed by atoms with Gasteiger partial charge in [0.1, 0.15) is 0 Å². The number of carbonyl (C=O) groups is 2. The monoisotopic (exact) mass is 332 g/mol. The van der Waals surface area contributed by atoms with E-state index in [-0.39, 0.29) is 18.4 Å². The molecule has 0 atom stereocenters. The highest BCUT2D eigenvalue weighted by Crippen LogP contribution is 2.31. The Morgan fingerprint density at radius 1 is 1.17 bits per heavy atom. The Hall–Kier alpha value is -1.92. The number of piperidine rings is 1. The van der Waals surface area contributed by atoms with Crippen molar-refractivity contribution in [2.45, 2.75) is 32.0 Å². The van der Waals surface area contributed by atoms with E-state index in [0.29, 0.717) is 45.6 Å². The summed E-state index contributed by atoms with van der Waals surface area (Å²) in [6, 6.07) is 7.77. The molecule has 2 heterocycles. The fourth-order valence-corrected chi connectivity index (χ4v) is 3.21. The van der Waals surface area contributed by atoms with Gasteiger partial charge in [-0.05, 0) is 18.1 Å². The molecular weight excluding hydrogens is 308 g/mol. The van der Waals surface area contributed by atoms with Gasteiger partial charge in [-0.1, -0.05) is 24.3 Å². The van der Waals surface area contributed by atoms with Crippen molar-refractivity contribution < 1.29 is 19.1 Å². The minimum atomic E-state index is -0.481. The van der Waals surface area contributed by atoms with Gasteiger partial charge in [0, 0.05) is 25.9 Å². The smallest absolute Gasteiger partial charge is 0.241 e. The Labute approximate surface area is 142 Å². The Balaban J connectivity index is 1.42. The summed E-state index contributed by atoms with van der Waals surface area (Å²) in [5, 5.41) is 2.72. The van der Waals surface area contributed by atoms with E-state index < -0.39 is 5.79 Å². The Bertz CT molecular complexity index is 601. The van der Waals surface area contributed by atoms with Crippen LogP contribution in [0.5, 0.6) is 0 Å². The highest BCUT2D eigenvalue weighted by Gasteiger charge is 2.40. The third-order valence-electron chi connectivity index (χ3n) is 4.74. The van der Waals surface area contributed by atoms with E-state index in [1.807, 2.05) is 31.2 Å². The molecule has 2 fully saturated rings. The van der Waals surface area contributed by atoms with Gasteiger partial charge in [0.2, 0.25) is 11.8 Å². The van der Waals surface area contributed by atoms with Crippen molar-refractivity contribution in [2.75, 3.05) is 32.8 Å². The highest BCUT2D eigenvalue weighted by molar-refractivity contribution is 5.85. The molecule has 130 valence electrons. The first-order valence-electron chi connectivity index (χ1n) is 8.45. The summed E-state index contributed by atoms with van der Waals surface area (Å²) in [5.41, 5.74) is 2.06. The average molecular weight is 332 g/mol. The van der Waals surface area contributed by atoms with Gasteiger partial charge in [0.25, 0.3) is 0 Å². The van der Waals surface area contributed by atoms with Gasteiger partial charge in [0.15, 0.2) is 5.79 Å². The summed E-state index contributed by atoms with van der Waals surface area (Å²) in [7, 11) is 0. The molecule has 1 aromatic rings. The Morgan fingerprint density at radius 3 is 2.50 bits per heavy atom. The normalized spacial score (nSPS) is 19.5. The summed E-state index contributed by atoms with van der Waals surface area (Å²) in [5.74, 6) is -0.667. The standard InChI is InChI=1S/C18H24N2O4/c1-14-4-2-3-5-15(14)12-16(21)19-13-17(22)20-8-6-18(7-9-20)23-10-11-24-18/h2-5H,6-13H2,1H3,(H,19,21). The second-order valence-electron chi connectivity index (χ2n) is 6.37. The number of hydrogen-bond donors (Lipinski definition) is 1. The van der Waals surface area contributed by atoms with E-state index in [2.05, 4.69) is 5.32 Å². The molecule has 2 aliphatic heterocycles. The molecule has 0 bridgehead atoms. The predicted molar refractivity (Wildman–Crippen MR) is 88.3 cm³/mol. The number of nitrogens with zero attached hydrogens (tertiary/aromatic N) is 1. The van der Waals surface area contributed by atoms with Crippen LogP contribution in [-0.4, -0.2) is 55.3 Å². The second-order valence-corrected chi connectivity index (χ2v) is 6.37. The molecule has 2 saturated heterocycles. The van der Waals surface area contributed by atoms with Crippen LogP contribution in [0.2, 0.25) is 0 Å². The van der Waals surface area contributed by atoms with Crippen molar-refractivity contribution in [2.24, 2.45) is 0 Å². The topological polar surface area (TPSA) is 67.9 Å². The van der Waals surface area contributed by atoms with Crippen LogP contribution in [0.25, 0.3) is 0 Å². The summed E-state index contributed by atoms with van der Waals surface area (Å²) in [4.78, 5) is 26.1. The first-order chi connectivity index (χ1) is 11.6. The zero-order chi connectivity index (χ0) is 17.0. The van der Waals surface area contributed by atoms with Gasteiger partial charge in [-0.3, -0.25) is 9.59 Å². The lowest BCUT2D eigenvalue weighted by Gasteiger charge is -2.37. The number of ether oxygens (including phenoxy) is 2. The van der Waals surface area contributed by atoms with Crippen LogP contribution < -0.4 is 5.32 Å². The van der Waals surface area contributed by atoms with Crippen LogP contribution in [0.4, 0.5) is 0 Å². The second kappa shape index (κ2) is 7.32. The van der Waals surface area contributed by atoms with Gasteiger partial charge in [-0.25, -0.2) is 0 Å². The number of aryl methyl sites for hydroxylation is 1. The van der Waals surface area contributed by atoms with Crippen molar-refractivity contribution >= 4 is 11.8 Å². The molecule has 6 nitrogen and oxygen atoms in total. The van der Waals surface area contributed by atoms with Crippen molar-refractivity contribution in [3.05, 3.63) is 35.4 Å². The Kier molecular flexibility index (Phi) is 5.16. The molecule has 1 spiro atoms. The van der Waals surface area contributed by atoms with Crippen molar-refractivity contribution in [3.63, 3.8) is 0 Å². The van der Waals surface area contributed by atoms with E-state index in [9.17, 15) is 9.59 Å². The molecule has 0 aliphatic carbocycles. The summed E-state index contributed by atoms with van der Waals surface area (Å²) in [6.45, 7) is 4.48. The first kappa shape index (κ1) is 16.9. The minimum absolute atomic E-state index is 0.0411. The molecule has 0 unspecified atom stereocenters. The van der Waals surface area contributed by atoms with Crippen LogP contribution in [0, 0.1) is 6.92 Å². The number of amides is 2. The molecule has 0 saturated carbocycles. The maximum absolute atomic E-state index is 12.3. The number of likely N-dealkylation sites (tertiary alicyclic amines) is 1. The van der Waals surface area contributed by atoms with E-state index in [1.165, 1.54) is 0 Å². The number of rotatable bonds is 4. The van der Waals surface area contributed by atoms with E-state index in [1.54, 1.807) is 4.90 Å². The number of hydrogen-bond acceptors (Lipinski definition) is 4. The van der Waals surface area contributed by atoms with Crippen LogP contribution in [0.1, 0.15) is 24.0 Å². The van der Waals surface area contributed by atoms with Gasteiger partial charge < -0.3 is 19.7 Å². The minimum Gasteiger partial charge on any atom is -0.347 e. The molecular formula is C18H24N2O4. The largest absolute Gasteiger partial charge is 0.347 e. The van der Waals surface area contributed by atoms with Gasteiger partial charge in [0.05, 0.1) is 26.2 Å². The predicted octanol–water partition coefficient (Wildman–Crippen LogP) is 1.02. The molecule has 2 amide bonds. The third kappa shape index (κ3) is 3.94.